The summed E-state index contributed by atoms with van der Waals surface area (Å²) in [6, 6.07) is 10.2. The molecule has 82 valence electrons. The molecule has 0 saturated carbocycles. The Bertz CT molecular complexity index is 310. The van der Waals surface area contributed by atoms with Crippen molar-refractivity contribution in [3.8, 4) is 0 Å². The van der Waals surface area contributed by atoms with Crippen molar-refractivity contribution in [2.24, 2.45) is 0 Å². The van der Waals surface area contributed by atoms with Gasteiger partial charge in [-0.3, -0.25) is 0 Å². The van der Waals surface area contributed by atoms with E-state index in [9.17, 15) is 0 Å². The van der Waals surface area contributed by atoms with Crippen LogP contribution in [0.15, 0.2) is 30.3 Å². The van der Waals surface area contributed by atoms with E-state index < -0.39 is 5.79 Å². The predicted molar refractivity (Wildman–Crippen MR) is 59.5 cm³/mol. The molecule has 1 aliphatic rings. The maximum Gasteiger partial charge on any atom is 0.195 e. The van der Waals surface area contributed by atoms with Crippen LogP contribution in [0.4, 0.5) is 0 Å². The van der Waals surface area contributed by atoms with Gasteiger partial charge in [-0.2, -0.15) is 0 Å². The molecule has 0 N–H and O–H groups in total. The number of benzene rings is 1. The van der Waals surface area contributed by atoms with Crippen LogP contribution in [-0.2, 0) is 15.3 Å². The van der Waals surface area contributed by atoms with E-state index in [-0.39, 0.29) is 6.10 Å². The van der Waals surface area contributed by atoms with E-state index in [1.807, 2.05) is 18.2 Å². The van der Waals surface area contributed by atoms with Gasteiger partial charge in [0.05, 0.1) is 12.7 Å². The van der Waals surface area contributed by atoms with Crippen molar-refractivity contribution in [1.82, 2.24) is 0 Å². The molecule has 0 radical (unpaired) electrons. The van der Waals surface area contributed by atoms with Crippen molar-refractivity contribution in [1.29, 1.82) is 0 Å². The maximum absolute atomic E-state index is 6.01. The van der Waals surface area contributed by atoms with Crippen LogP contribution in [0.25, 0.3) is 0 Å². The van der Waals surface area contributed by atoms with E-state index in [1.165, 1.54) is 0 Å². The van der Waals surface area contributed by atoms with Gasteiger partial charge in [-0.25, -0.2) is 0 Å². The zero-order valence-corrected chi connectivity index (χ0v) is 9.40. The Labute approximate surface area is 91.2 Å². The van der Waals surface area contributed by atoms with E-state index in [0.29, 0.717) is 6.61 Å². The van der Waals surface area contributed by atoms with Crippen LogP contribution in [0.2, 0.25) is 0 Å². The standard InChI is InChI=1S/C13H18O2/c1-3-12-10-14-13(4-2,15-12)11-8-6-5-7-9-11/h5-9,12H,3-4,10H2,1-2H3. The molecule has 15 heavy (non-hydrogen) atoms. The Morgan fingerprint density at radius 1 is 1.27 bits per heavy atom. The van der Waals surface area contributed by atoms with Crippen LogP contribution in [0.5, 0.6) is 0 Å². The van der Waals surface area contributed by atoms with Crippen LogP contribution < -0.4 is 0 Å². The second-order valence-corrected chi connectivity index (χ2v) is 3.93. The SMILES string of the molecule is CCC1COC(CC)(c2ccccc2)O1. The predicted octanol–water partition coefficient (Wildman–Crippen LogP) is 3.07. The van der Waals surface area contributed by atoms with E-state index in [0.717, 1.165) is 18.4 Å². The number of hydrogen-bond acceptors (Lipinski definition) is 2. The lowest BCUT2D eigenvalue weighted by Gasteiger charge is -2.27. The van der Waals surface area contributed by atoms with Gasteiger partial charge in [0.25, 0.3) is 0 Å². The van der Waals surface area contributed by atoms with Gasteiger partial charge in [-0.15, -0.1) is 0 Å². The molecule has 1 aliphatic heterocycles. The van der Waals surface area contributed by atoms with Crippen LogP contribution in [0, 0.1) is 0 Å². The summed E-state index contributed by atoms with van der Waals surface area (Å²) in [5.74, 6) is -0.498. The fourth-order valence-electron chi connectivity index (χ4n) is 2.00. The summed E-state index contributed by atoms with van der Waals surface area (Å²) in [5.41, 5.74) is 1.13. The van der Waals surface area contributed by atoms with Crippen molar-refractivity contribution in [2.45, 2.75) is 38.6 Å². The summed E-state index contributed by atoms with van der Waals surface area (Å²) in [4.78, 5) is 0. The Morgan fingerprint density at radius 3 is 2.53 bits per heavy atom. The zero-order valence-electron chi connectivity index (χ0n) is 9.40. The van der Waals surface area contributed by atoms with E-state index >= 15 is 0 Å². The Morgan fingerprint density at radius 2 is 2.00 bits per heavy atom. The monoisotopic (exact) mass is 206 g/mol. The second-order valence-electron chi connectivity index (χ2n) is 3.93. The second kappa shape index (κ2) is 4.33. The first-order valence-electron chi connectivity index (χ1n) is 5.68. The van der Waals surface area contributed by atoms with Gasteiger partial charge in [0.15, 0.2) is 5.79 Å². The van der Waals surface area contributed by atoms with Gasteiger partial charge in [0, 0.05) is 12.0 Å². The molecule has 1 fully saturated rings. The average molecular weight is 206 g/mol. The van der Waals surface area contributed by atoms with E-state index in [2.05, 4.69) is 26.0 Å². The minimum atomic E-state index is -0.498. The highest BCUT2D eigenvalue weighted by Gasteiger charge is 2.40. The highest BCUT2D eigenvalue weighted by atomic mass is 16.7. The fraction of sp³-hybridized carbons (Fsp3) is 0.538. The van der Waals surface area contributed by atoms with Crippen molar-refractivity contribution in [3.63, 3.8) is 0 Å². The molecule has 2 heteroatoms. The third-order valence-electron chi connectivity index (χ3n) is 2.99. The summed E-state index contributed by atoms with van der Waals surface area (Å²) in [5, 5.41) is 0. The van der Waals surface area contributed by atoms with Gasteiger partial charge < -0.3 is 9.47 Å². The van der Waals surface area contributed by atoms with Gasteiger partial charge in [-0.1, -0.05) is 44.2 Å². The molecule has 2 unspecified atom stereocenters. The molecule has 0 aromatic heterocycles. The fourth-order valence-corrected chi connectivity index (χ4v) is 2.00. The summed E-state index contributed by atoms with van der Waals surface area (Å²) >= 11 is 0. The van der Waals surface area contributed by atoms with E-state index in [4.69, 9.17) is 9.47 Å². The largest absolute Gasteiger partial charge is 0.343 e. The normalized spacial score (nSPS) is 30.7. The van der Waals surface area contributed by atoms with Gasteiger partial charge in [0.1, 0.15) is 0 Å². The number of rotatable bonds is 3. The molecule has 0 bridgehead atoms. The Balaban J connectivity index is 2.24. The van der Waals surface area contributed by atoms with Crippen LogP contribution in [-0.4, -0.2) is 12.7 Å². The Hall–Kier alpha value is -0.860. The highest BCUT2D eigenvalue weighted by molar-refractivity contribution is 5.21. The summed E-state index contributed by atoms with van der Waals surface area (Å²) in [6.45, 7) is 4.94. The average Bonchev–Trinajstić information content (AvgIpc) is 2.75. The van der Waals surface area contributed by atoms with Crippen LogP contribution in [0.1, 0.15) is 32.3 Å². The van der Waals surface area contributed by atoms with Crippen LogP contribution in [0.3, 0.4) is 0 Å². The topological polar surface area (TPSA) is 18.5 Å². The molecule has 2 rings (SSSR count). The first-order valence-corrected chi connectivity index (χ1v) is 5.68. The molecule has 2 atom stereocenters. The molecule has 0 spiro atoms. The minimum Gasteiger partial charge on any atom is -0.343 e. The highest BCUT2D eigenvalue weighted by Crippen LogP contribution is 2.37. The summed E-state index contributed by atoms with van der Waals surface area (Å²) in [7, 11) is 0. The molecular formula is C13H18O2. The maximum atomic E-state index is 6.01. The lowest BCUT2D eigenvalue weighted by atomic mass is 10.0. The van der Waals surface area contributed by atoms with E-state index in [1.54, 1.807) is 0 Å². The lowest BCUT2D eigenvalue weighted by Crippen LogP contribution is -2.27. The molecule has 0 amide bonds. The Kier molecular flexibility index (Phi) is 3.08. The summed E-state index contributed by atoms with van der Waals surface area (Å²) in [6.07, 6.45) is 2.10. The third-order valence-corrected chi connectivity index (χ3v) is 2.99. The van der Waals surface area contributed by atoms with Gasteiger partial charge in [0.2, 0.25) is 0 Å². The molecule has 1 aromatic rings. The molecule has 0 aliphatic carbocycles. The van der Waals surface area contributed by atoms with Crippen LogP contribution >= 0.6 is 0 Å². The number of hydrogen-bond donors (Lipinski definition) is 0. The van der Waals surface area contributed by atoms with Crippen molar-refractivity contribution in [2.75, 3.05) is 6.61 Å². The zero-order chi connectivity index (χ0) is 10.7. The summed E-state index contributed by atoms with van der Waals surface area (Å²) < 4.78 is 11.9. The quantitative estimate of drug-likeness (QED) is 0.756. The number of ether oxygens (including phenoxy) is 2. The smallest absolute Gasteiger partial charge is 0.195 e. The van der Waals surface area contributed by atoms with Crippen molar-refractivity contribution in [3.05, 3.63) is 35.9 Å². The van der Waals surface area contributed by atoms with Gasteiger partial charge in [-0.05, 0) is 6.42 Å². The van der Waals surface area contributed by atoms with Crippen molar-refractivity contribution >= 4 is 0 Å². The minimum absolute atomic E-state index is 0.241. The van der Waals surface area contributed by atoms with Crippen molar-refractivity contribution < 1.29 is 9.47 Å². The third kappa shape index (κ3) is 1.92. The molecular weight excluding hydrogens is 188 g/mol. The molecule has 1 saturated heterocycles. The van der Waals surface area contributed by atoms with Gasteiger partial charge >= 0.3 is 0 Å². The molecule has 2 nitrogen and oxygen atoms in total. The first kappa shape index (κ1) is 10.7. The first-order chi connectivity index (χ1) is 7.30. The molecule has 1 heterocycles. The molecule has 1 aromatic carbocycles. The lowest BCUT2D eigenvalue weighted by molar-refractivity contribution is -0.179.